The van der Waals surface area contributed by atoms with Gasteiger partial charge in [0.15, 0.2) is 0 Å². The predicted molar refractivity (Wildman–Crippen MR) is 90.6 cm³/mol. The van der Waals surface area contributed by atoms with Gasteiger partial charge in [-0.3, -0.25) is 9.59 Å². The van der Waals surface area contributed by atoms with Crippen LogP contribution in [0.5, 0.6) is 5.75 Å². The summed E-state index contributed by atoms with van der Waals surface area (Å²) in [6.07, 6.45) is 2.13. The number of nitrogens with zero attached hydrogens (tertiary/aromatic N) is 2. The largest absolute Gasteiger partial charge is 0.496 e. The molecule has 0 saturated carbocycles. The van der Waals surface area contributed by atoms with Gasteiger partial charge >= 0.3 is 0 Å². The fourth-order valence-electron chi connectivity index (χ4n) is 3.46. The van der Waals surface area contributed by atoms with Gasteiger partial charge in [0.25, 0.3) is 10.0 Å². The Labute approximate surface area is 147 Å². The van der Waals surface area contributed by atoms with Gasteiger partial charge in [0.2, 0.25) is 11.8 Å². The number of likely N-dealkylation sites (tertiary alicyclic amines) is 1. The highest BCUT2D eigenvalue weighted by atomic mass is 32.2. The van der Waals surface area contributed by atoms with Crippen LogP contribution in [0.1, 0.15) is 31.2 Å². The van der Waals surface area contributed by atoms with Crippen molar-refractivity contribution in [3.05, 3.63) is 23.8 Å². The number of sulfonamides is 1. The average molecular weight is 366 g/mol. The SMILES string of the molecule is COc1ccc(S(=O)(=O)N2C(=O)CC[C@H]2C(=O)N2CCCC2)cc1C. The molecule has 1 aromatic rings. The minimum atomic E-state index is -4.08. The average Bonchev–Trinajstić information content (AvgIpc) is 3.23. The molecule has 2 amide bonds. The molecule has 0 N–H and O–H groups in total. The summed E-state index contributed by atoms with van der Waals surface area (Å²) < 4.78 is 32.0. The van der Waals surface area contributed by atoms with Crippen LogP contribution in [0, 0.1) is 6.92 Å². The van der Waals surface area contributed by atoms with E-state index in [1.165, 1.54) is 19.2 Å². The third-order valence-electron chi connectivity index (χ3n) is 4.79. The third-order valence-corrected chi connectivity index (χ3v) is 6.61. The van der Waals surface area contributed by atoms with E-state index in [-0.39, 0.29) is 23.6 Å². The maximum Gasteiger partial charge on any atom is 0.267 e. The molecule has 0 radical (unpaired) electrons. The van der Waals surface area contributed by atoms with E-state index in [9.17, 15) is 18.0 Å². The topological polar surface area (TPSA) is 84.0 Å². The number of hydrogen-bond acceptors (Lipinski definition) is 5. The van der Waals surface area contributed by atoms with E-state index >= 15 is 0 Å². The minimum absolute atomic E-state index is 0.000252. The van der Waals surface area contributed by atoms with Crippen LogP contribution in [0.2, 0.25) is 0 Å². The molecule has 136 valence electrons. The monoisotopic (exact) mass is 366 g/mol. The van der Waals surface area contributed by atoms with Crippen molar-refractivity contribution in [2.75, 3.05) is 20.2 Å². The van der Waals surface area contributed by atoms with E-state index < -0.39 is 22.0 Å². The Morgan fingerprint density at radius 1 is 1.24 bits per heavy atom. The van der Waals surface area contributed by atoms with E-state index in [4.69, 9.17) is 4.74 Å². The van der Waals surface area contributed by atoms with Crippen molar-refractivity contribution in [3.63, 3.8) is 0 Å². The van der Waals surface area contributed by atoms with Crippen molar-refractivity contribution < 1.29 is 22.7 Å². The van der Waals surface area contributed by atoms with Gasteiger partial charge in [0.05, 0.1) is 12.0 Å². The Balaban J connectivity index is 1.94. The second kappa shape index (κ2) is 6.67. The molecule has 2 aliphatic rings. The number of ether oxygens (including phenoxy) is 1. The Bertz CT molecular complexity index is 799. The van der Waals surface area contributed by atoms with Crippen LogP contribution in [0.25, 0.3) is 0 Å². The van der Waals surface area contributed by atoms with E-state index in [1.54, 1.807) is 17.9 Å². The third kappa shape index (κ3) is 3.10. The highest BCUT2D eigenvalue weighted by molar-refractivity contribution is 7.89. The van der Waals surface area contributed by atoms with Crippen molar-refractivity contribution in [3.8, 4) is 5.75 Å². The molecule has 25 heavy (non-hydrogen) atoms. The van der Waals surface area contributed by atoms with Crippen LogP contribution in [-0.4, -0.2) is 55.7 Å². The van der Waals surface area contributed by atoms with Crippen molar-refractivity contribution >= 4 is 21.8 Å². The van der Waals surface area contributed by atoms with Gasteiger partial charge < -0.3 is 9.64 Å². The van der Waals surface area contributed by atoms with Gasteiger partial charge in [-0.2, -0.15) is 0 Å². The zero-order valence-corrected chi connectivity index (χ0v) is 15.2. The molecule has 0 aliphatic carbocycles. The summed E-state index contributed by atoms with van der Waals surface area (Å²) in [5.74, 6) is -0.223. The Kier molecular flexibility index (Phi) is 4.73. The van der Waals surface area contributed by atoms with Crippen LogP contribution in [0.3, 0.4) is 0 Å². The highest BCUT2D eigenvalue weighted by Crippen LogP contribution is 2.31. The van der Waals surface area contributed by atoms with E-state index in [0.29, 0.717) is 24.4 Å². The molecule has 0 aromatic heterocycles. The van der Waals surface area contributed by atoms with Crippen LogP contribution in [0.4, 0.5) is 0 Å². The number of carbonyl (C=O) groups is 2. The molecule has 0 bridgehead atoms. The van der Waals surface area contributed by atoms with Gasteiger partial charge in [-0.15, -0.1) is 0 Å². The smallest absolute Gasteiger partial charge is 0.267 e. The molecule has 2 fully saturated rings. The molecule has 7 nitrogen and oxygen atoms in total. The van der Waals surface area contributed by atoms with Gasteiger partial charge in [-0.1, -0.05) is 0 Å². The van der Waals surface area contributed by atoms with Crippen LogP contribution >= 0.6 is 0 Å². The fourth-order valence-corrected chi connectivity index (χ4v) is 5.14. The van der Waals surface area contributed by atoms with Crippen molar-refractivity contribution in [1.29, 1.82) is 0 Å². The molecule has 8 heteroatoms. The molecule has 0 unspecified atom stereocenters. The standard InChI is InChI=1S/C17H22N2O5S/c1-12-11-13(5-7-15(12)24-2)25(22,23)19-14(6-8-16(19)20)17(21)18-9-3-4-10-18/h5,7,11,14H,3-4,6,8-10H2,1-2H3/t14-/m0/s1. The fraction of sp³-hybridized carbons (Fsp3) is 0.529. The summed E-state index contributed by atoms with van der Waals surface area (Å²) >= 11 is 0. The Morgan fingerprint density at radius 2 is 1.92 bits per heavy atom. The second-order valence-electron chi connectivity index (χ2n) is 6.41. The van der Waals surface area contributed by atoms with Crippen LogP contribution in [-0.2, 0) is 19.6 Å². The summed E-state index contributed by atoms with van der Waals surface area (Å²) in [6.45, 7) is 2.98. The molecule has 1 aromatic carbocycles. The quantitative estimate of drug-likeness (QED) is 0.802. The summed E-state index contributed by atoms with van der Waals surface area (Å²) in [7, 11) is -2.57. The van der Waals surface area contributed by atoms with Gasteiger partial charge in [0, 0.05) is 19.5 Å². The summed E-state index contributed by atoms with van der Waals surface area (Å²) in [6, 6.07) is 3.50. The van der Waals surface area contributed by atoms with Gasteiger partial charge in [-0.25, -0.2) is 12.7 Å². The number of carbonyl (C=O) groups excluding carboxylic acids is 2. The number of aryl methyl sites for hydroxylation is 1. The normalized spacial score (nSPS) is 21.0. The highest BCUT2D eigenvalue weighted by Gasteiger charge is 2.45. The first-order chi connectivity index (χ1) is 11.9. The van der Waals surface area contributed by atoms with Crippen molar-refractivity contribution in [2.24, 2.45) is 0 Å². The number of rotatable bonds is 4. The molecule has 1 atom stereocenters. The first-order valence-electron chi connectivity index (χ1n) is 8.37. The summed E-state index contributed by atoms with van der Waals surface area (Å²) in [5.41, 5.74) is 0.651. The molecule has 0 spiro atoms. The first kappa shape index (κ1) is 17.7. The Morgan fingerprint density at radius 3 is 2.52 bits per heavy atom. The molecule has 3 rings (SSSR count). The van der Waals surface area contributed by atoms with E-state index in [2.05, 4.69) is 0 Å². The lowest BCUT2D eigenvalue weighted by Crippen LogP contribution is -2.48. The predicted octanol–water partition coefficient (Wildman–Crippen LogP) is 1.31. The maximum atomic E-state index is 13.0. The molecular weight excluding hydrogens is 344 g/mol. The maximum absolute atomic E-state index is 13.0. The van der Waals surface area contributed by atoms with E-state index in [1.807, 2.05) is 0 Å². The van der Waals surface area contributed by atoms with Crippen molar-refractivity contribution in [2.45, 2.75) is 43.5 Å². The number of hydrogen-bond donors (Lipinski definition) is 0. The lowest BCUT2D eigenvalue weighted by molar-refractivity contribution is -0.136. The zero-order chi connectivity index (χ0) is 18.2. The van der Waals surface area contributed by atoms with E-state index in [0.717, 1.165) is 17.1 Å². The molecule has 2 saturated heterocycles. The number of methoxy groups -OCH3 is 1. The van der Waals surface area contributed by atoms with Crippen LogP contribution in [0.15, 0.2) is 23.1 Å². The van der Waals surface area contributed by atoms with Gasteiger partial charge in [-0.05, 0) is 49.9 Å². The Hall–Kier alpha value is -2.09. The number of benzene rings is 1. The second-order valence-corrected chi connectivity index (χ2v) is 8.23. The lowest BCUT2D eigenvalue weighted by Gasteiger charge is -2.27. The first-order valence-corrected chi connectivity index (χ1v) is 9.81. The summed E-state index contributed by atoms with van der Waals surface area (Å²) in [5, 5.41) is 0. The minimum Gasteiger partial charge on any atom is -0.496 e. The summed E-state index contributed by atoms with van der Waals surface area (Å²) in [4.78, 5) is 26.6. The zero-order valence-electron chi connectivity index (χ0n) is 14.4. The van der Waals surface area contributed by atoms with Crippen molar-refractivity contribution in [1.82, 2.24) is 9.21 Å². The molecule has 2 heterocycles. The molecule has 2 aliphatic heterocycles. The lowest BCUT2D eigenvalue weighted by atomic mass is 10.2. The van der Waals surface area contributed by atoms with Crippen LogP contribution < -0.4 is 4.74 Å². The molecular formula is C17H22N2O5S. The van der Waals surface area contributed by atoms with Gasteiger partial charge in [0.1, 0.15) is 11.8 Å². The number of amides is 2.